The highest BCUT2D eigenvalue weighted by Gasteiger charge is 2.56. The minimum Gasteiger partial charge on any atom is -0.352 e. The number of nitriles is 1. The molecule has 1 aromatic carbocycles. The van der Waals surface area contributed by atoms with Crippen LogP contribution in [0.4, 0.5) is 0 Å². The summed E-state index contributed by atoms with van der Waals surface area (Å²) in [4.78, 5) is 11.6. The summed E-state index contributed by atoms with van der Waals surface area (Å²) in [6, 6.07) is 9.14. The van der Waals surface area contributed by atoms with Crippen molar-refractivity contribution in [2.45, 2.75) is 17.3 Å². The predicted octanol–water partition coefficient (Wildman–Crippen LogP) is 2.37. The second-order valence-electron chi connectivity index (χ2n) is 4.05. The Bertz CT molecular complexity index is 494. The molecule has 2 rings (SSSR count). The van der Waals surface area contributed by atoms with Gasteiger partial charge in [-0.15, -0.1) is 23.2 Å². The predicted molar refractivity (Wildman–Crippen MR) is 65.5 cm³/mol. The zero-order valence-corrected chi connectivity index (χ0v) is 10.4. The van der Waals surface area contributed by atoms with Gasteiger partial charge in [-0.2, -0.15) is 5.26 Å². The summed E-state index contributed by atoms with van der Waals surface area (Å²) in [5, 5.41) is 11.5. The van der Waals surface area contributed by atoms with Gasteiger partial charge in [0.1, 0.15) is 4.33 Å². The van der Waals surface area contributed by atoms with Crippen molar-refractivity contribution in [3.63, 3.8) is 0 Å². The summed E-state index contributed by atoms with van der Waals surface area (Å²) in [7, 11) is 0. The Kier molecular flexibility index (Phi) is 3.28. The molecule has 1 aromatic rings. The average Bonchev–Trinajstić information content (AvgIpc) is 2.96. The summed E-state index contributed by atoms with van der Waals surface area (Å²) in [5.41, 5.74) is 1.46. The fraction of sp³-hybridized carbons (Fsp3) is 0.333. The molecule has 17 heavy (non-hydrogen) atoms. The minimum atomic E-state index is -0.890. The number of nitrogens with one attached hydrogen (secondary N) is 1. The van der Waals surface area contributed by atoms with E-state index in [4.69, 9.17) is 28.5 Å². The molecule has 0 saturated heterocycles. The Hall–Kier alpha value is -1.24. The van der Waals surface area contributed by atoms with Crippen LogP contribution in [0, 0.1) is 17.2 Å². The summed E-state index contributed by atoms with van der Waals surface area (Å²) < 4.78 is -0.890. The highest BCUT2D eigenvalue weighted by Crippen LogP contribution is 2.53. The maximum Gasteiger partial charge on any atom is 0.226 e. The van der Waals surface area contributed by atoms with Gasteiger partial charge in [0.05, 0.1) is 17.6 Å². The quantitative estimate of drug-likeness (QED) is 0.856. The Morgan fingerprint density at radius 3 is 2.88 bits per heavy atom. The van der Waals surface area contributed by atoms with Gasteiger partial charge in [0.25, 0.3) is 0 Å². The fourth-order valence-electron chi connectivity index (χ4n) is 1.56. The molecule has 1 aliphatic carbocycles. The topological polar surface area (TPSA) is 52.9 Å². The second-order valence-corrected chi connectivity index (χ2v) is 5.59. The first-order valence-corrected chi connectivity index (χ1v) is 5.93. The Balaban J connectivity index is 1.90. The Morgan fingerprint density at radius 1 is 1.59 bits per heavy atom. The first-order chi connectivity index (χ1) is 8.03. The largest absolute Gasteiger partial charge is 0.352 e. The minimum absolute atomic E-state index is 0.141. The molecule has 3 nitrogen and oxygen atoms in total. The van der Waals surface area contributed by atoms with Gasteiger partial charge in [-0.25, -0.2) is 0 Å². The maximum absolute atomic E-state index is 11.6. The average molecular weight is 269 g/mol. The van der Waals surface area contributed by atoms with E-state index in [0.717, 1.165) is 5.56 Å². The van der Waals surface area contributed by atoms with E-state index in [1.54, 1.807) is 18.2 Å². The lowest BCUT2D eigenvalue weighted by Gasteiger charge is -2.05. The van der Waals surface area contributed by atoms with Crippen molar-refractivity contribution >= 4 is 29.1 Å². The molecule has 1 amide bonds. The lowest BCUT2D eigenvalue weighted by atomic mass is 10.1. The number of alkyl halides is 2. The number of carbonyl (C=O) groups is 1. The molecule has 1 aliphatic rings. The van der Waals surface area contributed by atoms with Gasteiger partial charge < -0.3 is 5.32 Å². The summed E-state index contributed by atoms with van der Waals surface area (Å²) >= 11 is 11.6. The molecule has 5 heteroatoms. The third kappa shape index (κ3) is 2.91. The van der Waals surface area contributed by atoms with Gasteiger partial charge in [0.15, 0.2) is 0 Å². The van der Waals surface area contributed by atoms with Crippen LogP contribution < -0.4 is 5.32 Å². The number of rotatable bonds is 3. The number of benzene rings is 1. The molecule has 0 aromatic heterocycles. The number of halogens is 2. The molecule has 0 aliphatic heterocycles. The van der Waals surface area contributed by atoms with Crippen molar-refractivity contribution in [3.05, 3.63) is 35.4 Å². The highest BCUT2D eigenvalue weighted by atomic mass is 35.5. The number of nitrogens with zero attached hydrogens (tertiary/aromatic N) is 1. The molecule has 0 bridgehead atoms. The van der Waals surface area contributed by atoms with Gasteiger partial charge in [0, 0.05) is 6.54 Å². The van der Waals surface area contributed by atoms with Crippen LogP contribution in [0.25, 0.3) is 0 Å². The van der Waals surface area contributed by atoms with E-state index in [1.165, 1.54) is 0 Å². The van der Waals surface area contributed by atoms with E-state index >= 15 is 0 Å². The molecule has 0 heterocycles. The first-order valence-electron chi connectivity index (χ1n) is 5.17. The van der Waals surface area contributed by atoms with E-state index in [-0.39, 0.29) is 11.8 Å². The Labute approximate surface area is 109 Å². The van der Waals surface area contributed by atoms with Gasteiger partial charge in [-0.3, -0.25) is 4.79 Å². The van der Waals surface area contributed by atoms with Gasteiger partial charge in [-0.1, -0.05) is 12.1 Å². The van der Waals surface area contributed by atoms with Crippen molar-refractivity contribution in [3.8, 4) is 6.07 Å². The molecule has 0 radical (unpaired) electrons. The zero-order chi connectivity index (χ0) is 12.5. The fourth-order valence-corrected chi connectivity index (χ4v) is 2.07. The molecule has 1 atom stereocenters. The monoisotopic (exact) mass is 268 g/mol. The van der Waals surface area contributed by atoms with Crippen LogP contribution in [-0.4, -0.2) is 10.2 Å². The number of hydrogen-bond donors (Lipinski definition) is 1. The Morgan fingerprint density at radius 2 is 2.29 bits per heavy atom. The van der Waals surface area contributed by atoms with Crippen molar-refractivity contribution in [2.24, 2.45) is 5.92 Å². The SMILES string of the molecule is N#Cc1cccc(CNC(=O)C2CC2(Cl)Cl)c1. The maximum atomic E-state index is 11.6. The molecular formula is C12H10Cl2N2O. The van der Waals surface area contributed by atoms with Gasteiger partial charge in [-0.05, 0) is 24.1 Å². The summed E-state index contributed by atoms with van der Waals surface area (Å²) in [6.07, 6.45) is 0.500. The normalized spacial score (nSPS) is 20.4. The smallest absolute Gasteiger partial charge is 0.226 e. The molecule has 1 fully saturated rings. The first kappa shape index (κ1) is 12.2. The van der Waals surface area contributed by atoms with E-state index in [9.17, 15) is 4.79 Å². The van der Waals surface area contributed by atoms with Crippen LogP contribution in [0.1, 0.15) is 17.5 Å². The van der Waals surface area contributed by atoms with Crippen LogP contribution in [0.3, 0.4) is 0 Å². The van der Waals surface area contributed by atoms with Crippen LogP contribution in [0.5, 0.6) is 0 Å². The summed E-state index contributed by atoms with van der Waals surface area (Å²) in [5.74, 6) is -0.456. The summed E-state index contributed by atoms with van der Waals surface area (Å²) in [6.45, 7) is 0.384. The molecule has 1 N–H and O–H groups in total. The van der Waals surface area contributed by atoms with Crippen molar-refractivity contribution in [2.75, 3.05) is 0 Å². The molecular weight excluding hydrogens is 259 g/mol. The van der Waals surface area contributed by atoms with E-state index < -0.39 is 4.33 Å². The van der Waals surface area contributed by atoms with Gasteiger partial charge in [0.2, 0.25) is 5.91 Å². The third-order valence-corrected chi connectivity index (χ3v) is 3.50. The van der Waals surface area contributed by atoms with Crippen LogP contribution in [0.15, 0.2) is 24.3 Å². The number of amides is 1. The zero-order valence-electron chi connectivity index (χ0n) is 8.91. The molecule has 1 unspecified atom stereocenters. The van der Waals surface area contributed by atoms with Crippen molar-refractivity contribution in [1.29, 1.82) is 5.26 Å². The van der Waals surface area contributed by atoms with Crippen LogP contribution >= 0.6 is 23.2 Å². The third-order valence-electron chi connectivity index (χ3n) is 2.67. The van der Waals surface area contributed by atoms with Crippen molar-refractivity contribution in [1.82, 2.24) is 5.32 Å². The van der Waals surface area contributed by atoms with Crippen LogP contribution in [0.2, 0.25) is 0 Å². The highest BCUT2D eigenvalue weighted by molar-refractivity contribution is 6.52. The molecule has 1 saturated carbocycles. The van der Waals surface area contributed by atoms with Crippen molar-refractivity contribution < 1.29 is 4.79 Å². The molecule has 0 spiro atoms. The van der Waals surface area contributed by atoms with E-state index in [0.29, 0.717) is 18.5 Å². The lowest BCUT2D eigenvalue weighted by Crippen LogP contribution is -2.26. The standard InChI is InChI=1S/C12H10Cl2N2O/c13-12(14)5-10(12)11(17)16-7-9-3-1-2-8(4-9)6-15/h1-4,10H,5,7H2,(H,16,17). The van der Waals surface area contributed by atoms with Crippen LogP contribution in [-0.2, 0) is 11.3 Å². The number of carbonyl (C=O) groups excluding carboxylic acids is 1. The lowest BCUT2D eigenvalue weighted by molar-refractivity contribution is -0.122. The van der Waals surface area contributed by atoms with E-state index in [1.807, 2.05) is 12.1 Å². The molecule has 88 valence electrons. The number of hydrogen-bond acceptors (Lipinski definition) is 2. The van der Waals surface area contributed by atoms with E-state index in [2.05, 4.69) is 5.32 Å². The second kappa shape index (κ2) is 4.56. The van der Waals surface area contributed by atoms with Gasteiger partial charge >= 0.3 is 0 Å².